The van der Waals surface area contributed by atoms with Gasteiger partial charge in [0, 0.05) is 36.5 Å². The molecule has 0 aromatic rings. The third-order valence-electron chi connectivity index (χ3n) is 0. The van der Waals surface area contributed by atoms with E-state index in [4.69, 9.17) is 0 Å². The Balaban J connectivity index is 0. The number of rotatable bonds is 0. The van der Waals surface area contributed by atoms with Crippen LogP contribution in [0.3, 0.4) is 0 Å². The third-order valence-corrected chi connectivity index (χ3v) is 0. The zero-order chi connectivity index (χ0) is 0. The summed E-state index contributed by atoms with van der Waals surface area (Å²) in [7, 11) is 0. The van der Waals surface area contributed by atoms with Crippen LogP contribution in [0.4, 0.5) is 0 Å². The van der Waals surface area contributed by atoms with Crippen LogP contribution in [0.1, 0.15) is 0 Å². The van der Waals surface area contributed by atoms with Gasteiger partial charge in [-0.2, -0.15) is 0 Å². The Hall–Kier alpha value is 2.44. The van der Waals surface area contributed by atoms with Gasteiger partial charge < -0.3 is 0 Å². The van der Waals surface area contributed by atoms with Crippen molar-refractivity contribution in [3.63, 3.8) is 0 Å². The maximum absolute atomic E-state index is 0. The first kappa shape index (κ1) is 32.0. The summed E-state index contributed by atoms with van der Waals surface area (Å²) in [4.78, 5) is 0. The van der Waals surface area contributed by atoms with Crippen LogP contribution < -0.4 is 0 Å². The Bertz CT molecular complexity index is 8.00. The van der Waals surface area contributed by atoms with Crippen molar-refractivity contribution in [2.45, 2.75) is 0 Å². The van der Waals surface area contributed by atoms with Gasteiger partial charge in [0.05, 0.1) is 0 Å². The molecule has 0 unspecified atom stereocenters. The predicted octanol–water partition coefficient (Wildman–Crippen LogP) is -2.11. The van der Waals surface area contributed by atoms with E-state index in [-0.39, 0.29) is 77.0 Å². The minimum Gasteiger partial charge on any atom is 0 e. The Morgan fingerprint density at radius 3 is 1.00 bits per heavy atom. The monoisotopic (exact) mass is 183 g/mol. The number of hydrogen-bond donors (Lipinski definition) is 0. The predicted molar refractivity (Wildman–Crippen MR) is 18.5 cm³/mol. The van der Waals surface area contributed by atoms with E-state index in [1.807, 2.05) is 0 Å². The average Bonchev–Trinajstić information content (AvgIpc) is 0. The van der Waals surface area contributed by atoms with Gasteiger partial charge in [-0.05, 0) is 0 Å². The Morgan fingerprint density at radius 1 is 1.00 bits per heavy atom. The van der Waals surface area contributed by atoms with Crippen LogP contribution in [0.2, 0.25) is 0 Å². The quantitative estimate of drug-likeness (QED) is 0.379. The van der Waals surface area contributed by atoms with E-state index < -0.39 is 0 Å². The summed E-state index contributed by atoms with van der Waals surface area (Å²) >= 11 is 0. The Kier molecular flexibility index (Phi) is 144. The van der Waals surface area contributed by atoms with Gasteiger partial charge in [0.25, 0.3) is 0 Å². The van der Waals surface area contributed by atoms with Gasteiger partial charge in [0.1, 0.15) is 0 Å². The second-order valence-electron chi connectivity index (χ2n) is 0. The Labute approximate surface area is 76.0 Å². The minimum atomic E-state index is 0. The van der Waals surface area contributed by atoms with Gasteiger partial charge in [0.2, 0.25) is 0 Å². The molecular formula is H5AlCuMgZn. The summed E-state index contributed by atoms with van der Waals surface area (Å²) in [6, 6.07) is 0. The van der Waals surface area contributed by atoms with Crippen molar-refractivity contribution in [3.8, 4) is 0 Å². The van der Waals surface area contributed by atoms with Gasteiger partial charge in [-0.3, -0.25) is 0 Å². The maximum Gasteiger partial charge on any atom is 0.316 e. The van der Waals surface area contributed by atoms with Crippen molar-refractivity contribution in [2.24, 2.45) is 0 Å². The molecule has 0 aliphatic rings. The molecule has 0 heterocycles. The fourth-order valence-corrected chi connectivity index (χ4v) is 0. The summed E-state index contributed by atoms with van der Waals surface area (Å²) in [5, 5.41) is 0. The smallest absolute Gasteiger partial charge is 0 e. The molecule has 0 rings (SSSR count). The molecule has 0 saturated carbocycles. The van der Waals surface area contributed by atoms with Crippen LogP contribution in [-0.2, 0) is 36.5 Å². The summed E-state index contributed by atoms with van der Waals surface area (Å²) in [6.07, 6.45) is 0. The molecule has 4 heteroatoms. The van der Waals surface area contributed by atoms with Gasteiger partial charge in [-0.1, -0.05) is 0 Å². The largest absolute Gasteiger partial charge is 0.316 e. The SMILES string of the molecule is [AlH3].[Cu].[MgH2].[Zn]. The summed E-state index contributed by atoms with van der Waals surface area (Å²) in [6.45, 7) is 0. The zero-order valence-corrected chi connectivity index (χ0v) is 4.92. The molecule has 4 heavy (non-hydrogen) atoms. The van der Waals surface area contributed by atoms with Crippen LogP contribution in [0.5, 0.6) is 0 Å². The molecule has 0 aromatic carbocycles. The van der Waals surface area contributed by atoms with Crippen LogP contribution in [0, 0.1) is 0 Å². The van der Waals surface area contributed by atoms with E-state index >= 15 is 0 Å². The Morgan fingerprint density at radius 2 is 1.00 bits per heavy atom. The second kappa shape index (κ2) is 18.0. The minimum absolute atomic E-state index is 0. The first-order chi connectivity index (χ1) is 0. The van der Waals surface area contributed by atoms with E-state index in [9.17, 15) is 0 Å². The van der Waals surface area contributed by atoms with Crippen molar-refractivity contribution in [2.75, 3.05) is 0 Å². The molecule has 0 saturated heterocycles. The van der Waals surface area contributed by atoms with Crippen LogP contribution >= 0.6 is 0 Å². The standard InChI is InChI=1S/Al.Cu.Mg.Zn.5H. The maximum atomic E-state index is 0. The fraction of sp³-hybridized carbons (Fsp3) is 0. The first-order valence-corrected chi connectivity index (χ1v) is 0. The van der Waals surface area contributed by atoms with Crippen molar-refractivity contribution >= 4 is 40.4 Å². The third kappa shape index (κ3) is 8.82. The first-order valence-electron chi connectivity index (χ1n) is 0. The summed E-state index contributed by atoms with van der Waals surface area (Å²) in [5.74, 6) is 0. The van der Waals surface area contributed by atoms with E-state index in [1.54, 1.807) is 0 Å². The van der Waals surface area contributed by atoms with Crippen molar-refractivity contribution < 1.29 is 36.5 Å². The molecule has 0 aliphatic heterocycles. The molecule has 0 fully saturated rings. The summed E-state index contributed by atoms with van der Waals surface area (Å²) < 4.78 is 0. The van der Waals surface area contributed by atoms with E-state index in [0.717, 1.165) is 0 Å². The molecule has 0 aromatic heterocycles. The second-order valence-corrected chi connectivity index (χ2v) is 0. The normalized spacial score (nSPS) is 0. The van der Waals surface area contributed by atoms with Crippen LogP contribution in [0.15, 0.2) is 0 Å². The molecule has 0 atom stereocenters. The van der Waals surface area contributed by atoms with Gasteiger partial charge >= 0.3 is 23.1 Å². The molecule has 0 N–H and O–H groups in total. The van der Waals surface area contributed by atoms with Gasteiger partial charge in [0.15, 0.2) is 17.4 Å². The molecule has 0 bridgehead atoms. The van der Waals surface area contributed by atoms with Crippen LogP contribution in [0.25, 0.3) is 0 Å². The van der Waals surface area contributed by atoms with Crippen molar-refractivity contribution in [3.05, 3.63) is 0 Å². The van der Waals surface area contributed by atoms with E-state index in [0.29, 0.717) is 0 Å². The fourth-order valence-electron chi connectivity index (χ4n) is 0. The summed E-state index contributed by atoms with van der Waals surface area (Å²) in [5.41, 5.74) is 0. The molecule has 0 amide bonds. The molecule has 0 spiro atoms. The molecular weight excluding hydrogens is 180 g/mol. The molecule has 1 radical (unpaired) electrons. The van der Waals surface area contributed by atoms with Crippen LogP contribution in [-0.4, -0.2) is 40.4 Å². The number of hydrogen-bond acceptors (Lipinski definition) is 0. The van der Waals surface area contributed by atoms with Crippen molar-refractivity contribution in [1.29, 1.82) is 0 Å². The van der Waals surface area contributed by atoms with E-state index in [2.05, 4.69) is 0 Å². The molecule has 0 aliphatic carbocycles. The zero-order valence-electron chi connectivity index (χ0n) is 1.01. The molecule has 0 nitrogen and oxygen atoms in total. The molecule has 23 valence electrons. The topological polar surface area (TPSA) is 0 Å². The van der Waals surface area contributed by atoms with Crippen molar-refractivity contribution in [1.82, 2.24) is 0 Å². The average molecular weight is 185 g/mol. The van der Waals surface area contributed by atoms with Gasteiger partial charge in [-0.15, -0.1) is 0 Å². The van der Waals surface area contributed by atoms with Gasteiger partial charge in [-0.25, -0.2) is 0 Å². The van der Waals surface area contributed by atoms with E-state index in [1.165, 1.54) is 0 Å².